The second-order valence-electron chi connectivity index (χ2n) is 7.76. The molecule has 1 aromatic heterocycles. The minimum Gasteiger partial charge on any atom is -0.304 e. The summed E-state index contributed by atoms with van der Waals surface area (Å²) in [6.07, 6.45) is 3.82. The summed E-state index contributed by atoms with van der Waals surface area (Å²) in [6.45, 7) is 5.31. The van der Waals surface area contributed by atoms with Crippen molar-refractivity contribution < 1.29 is 12.8 Å². The summed E-state index contributed by atoms with van der Waals surface area (Å²) in [5.41, 5.74) is 1.38. The van der Waals surface area contributed by atoms with Gasteiger partial charge in [0.15, 0.2) is 0 Å². The number of likely N-dealkylation sites (tertiary alicyclic amines) is 1. The molecule has 0 saturated carbocycles. The van der Waals surface area contributed by atoms with Crippen LogP contribution in [0.3, 0.4) is 0 Å². The number of nitrogens with zero attached hydrogens (tertiary/aromatic N) is 4. The number of aromatic nitrogens is 1. The van der Waals surface area contributed by atoms with Crippen molar-refractivity contribution in [2.75, 3.05) is 37.5 Å². The van der Waals surface area contributed by atoms with E-state index in [-0.39, 0.29) is 10.9 Å². The highest BCUT2D eigenvalue weighted by molar-refractivity contribution is 7.92. The van der Waals surface area contributed by atoms with Gasteiger partial charge in [-0.1, -0.05) is 13.0 Å². The molecule has 0 bridgehead atoms. The SMILES string of the molecule is CCN(C)C1CCN(C2CN(S(=O)(=O)c3cccc(F)c3)c3cccnc32)CC1. The Morgan fingerprint density at radius 1 is 1.21 bits per heavy atom. The maximum atomic E-state index is 13.7. The normalized spacial score (nSPS) is 21.0. The molecule has 156 valence electrons. The van der Waals surface area contributed by atoms with E-state index in [2.05, 4.69) is 28.8 Å². The average Bonchev–Trinajstić information content (AvgIpc) is 3.14. The third kappa shape index (κ3) is 3.76. The van der Waals surface area contributed by atoms with Crippen LogP contribution in [0.15, 0.2) is 47.5 Å². The van der Waals surface area contributed by atoms with Gasteiger partial charge in [-0.25, -0.2) is 12.8 Å². The first-order valence-electron chi connectivity index (χ1n) is 10.1. The van der Waals surface area contributed by atoms with Crippen molar-refractivity contribution in [2.24, 2.45) is 0 Å². The number of hydrogen-bond donors (Lipinski definition) is 0. The highest BCUT2D eigenvalue weighted by Gasteiger charge is 2.41. The van der Waals surface area contributed by atoms with Gasteiger partial charge >= 0.3 is 0 Å². The summed E-state index contributed by atoms with van der Waals surface area (Å²) >= 11 is 0. The van der Waals surface area contributed by atoms with E-state index in [9.17, 15) is 12.8 Å². The van der Waals surface area contributed by atoms with Crippen molar-refractivity contribution in [3.8, 4) is 0 Å². The number of halogens is 1. The summed E-state index contributed by atoms with van der Waals surface area (Å²) in [4.78, 5) is 9.21. The van der Waals surface area contributed by atoms with E-state index in [1.165, 1.54) is 22.5 Å². The lowest BCUT2D eigenvalue weighted by Gasteiger charge is -2.39. The molecule has 2 aliphatic rings. The average molecular weight is 419 g/mol. The van der Waals surface area contributed by atoms with Crippen molar-refractivity contribution in [1.82, 2.24) is 14.8 Å². The lowest BCUT2D eigenvalue weighted by molar-refractivity contribution is 0.103. The minimum atomic E-state index is -3.86. The van der Waals surface area contributed by atoms with Crippen molar-refractivity contribution >= 4 is 15.7 Å². The number of sulfonamides is 1. The Kier molecular flexibility index (Phi) is 5.59. The molecule has 1 saturated heterocycles. The van der Waals surface area contributed by atoms with Gasteiger partial charge in [-0.2, -0.15) is 0 Å². The van der Waals surface area contributed by atoms with Crippen LogP contribution in [0.1, 0.15) is 31.5 Å². The van der Waals surface area contributed by atoms with E-state index < -0.39 is 15.8 Å². The maximum absolute atomic E-state index is 13.7. The topological polar surface area (TPSA) is 56.8 Å². The molecule has 0 N–H and O–H groups in total. The van der Waals surface area contributed by atoms with Crippen LogP contribution in [0.2, 0.25) is 0 Å². The van der Waals surface area contributed by atoms with E-state index >= 15 is 0 Å². The Morgan fingerprint density at radius 2 is 1.97 bits per heavy atom. The van der Waals surface area contributed by atoms with Gasteiger partial charge in [0.2, 0.25) is 0 Å². The molecule has 29 heavy (non-hydrogen) atoms. The summed E-state index contributed by atoms with van der Waals surface area (Å²) in [7, 11) is -1.70. The monoisotopic (exact) mass is 418 g/mol. The van der Waals surface area contributed by atoms with E-state index in [1.807, 2.05) is 0 Å². The van der Waals surface area contributed by atoms with Crippen molar-refractivity contribution in [3.05, 3.63) is 54.1 Å². The van der Waals surface area contributed by atoms with Gasteiger partial charge in [0.1, 0.15) is 5.82 Å². The van der Waals surface area contributed by atoms with Crippen LogP contribution in [0.25, 0.3) is 0 Å². The van der Waals surface area contributed by atoms with Gasteiger partial charge in [0.25, 0.3) is 10.0 Å². The highest BCUT2D eigenvalue weighted by atomic mass is 32.2. The van der Waals surface area contributed by atoms with E-state index in [4.69, 9.17) is 0 Å². The molecular weight excluding hydrogens is 391 g/mol. The second kappa shape index (κ2) is 8.01. The van der Waals surface area contributed by atoms with Gasteiger partial charge in [-0.15, -0.1) is 0 Å². The highest BCUT2D eigenvalue weighted by Crippen LogP contribution is 2.40. The Morgan fingerprint density at radius 3 is 2.66 bits per heavy atom. The first-order chi connectivity index (χ1) is 13.9. The molecule has 1 aromatic carbocycles. The molecule has 6 nitrogen and oxygen atoms in total. The Balaban J connectivity index is 1.60. The van der Waals surface area contributed by atoms with Gasteiger partial charge in [-0.05, 0) is 56.8 Å². The fourth-order valence-corrected chi connectivity index (χ4v) is 5.90. The van der Waals surface area contributed by atoms with Crippen LogP contribution in [0.4, 0.5) is 10.1 Å². The molecule has 0 radical (unpaired) electrons. The van der Waals surface area contributed by atoms with E-state index in [0.29, 0.717) is 18.3 Å². The molecule has 1 fully saturated rings. The first kappa shape index (κ1) is 20.3. The van der Waals surface area contributed by atoms with Crippen molar-refractivity contribution in [1.29, 1.82) is 0 Å². The summed E-state index contributed by atoms with van der Waals surface area (Å²) < 4.78 is 41.6. The molecule has 1 atom stereocenters. The fourth-order valence-electron chi connectivity index (χ4n) is 4.39. The lowest BCUT2D eigenvalue weighted by atomic mass is 10.0. The van der Waals surface area contributed by atoms with Gasteiger partial charge in [0, 0.05) is 25.3 Å². The molecule has 1 unspecified atom stereocenters. The molecule has 2 aromatic rings. The standard InChI is InChI=1S/C21H27FN4O2S/c1-3-24(2)17-9-12-25(13-10-17)20-15-26(19-8-5-11-23-21(19)20)29(27,28)18-7-4-6-16(22)14-18/h4-8,11,14,17,20H,3,9-10,12-13,15H2,1-2H3. The Bertz CT molecular complexity index is 976. The van der Waals surface area contributed by atoms with E-state index in [1.54, 1.807) is 18.3 Å². The largest absolute Gasteiger partial charge is 0.304 e. The molecular formula is C21H27FN4O2S. The van der Waals surface area contributed by atoms with Crippen molar-refractivity contribution in [2.45, 2.75) is 36.7 Å². The molecule has 8 heteroatoms. The number of benzene rings is 1. The van der Waals surface area contributed by atoms with Crippen LogP contribution in [-0.4, -0.2) is 62.5 Å². The smallest absolute Gasteiger partial charge is 0.264 e. The third-order valence-corrected chi connectivity index (χ3v) is 7.96. The number of piperidine rings is 1. The number of rotatable bonds is 5. The summed E-state index contributed by atoms with van der Waals surface area (Å²) in [5.74, 6) is -0.560. The van der Waals surface area contributed by atoms with Crippen LogP contribution in [0, 0.1) is 5.82 Å². The number of anilines is 1. The predicted octanol–water partition coefficient (Wildman–Crippen LogP) is 2.89. The van der Waals surface area contributed by atoms with E-state index in [0.717, 1.165) is 44.2 Å². The second-order valence-corrected chi connectivity index (χ2v) is 9.62. The molecule has 4 rings (SSSR count). The summed E-state index contributed by atoms with van der Waals surface area (Å²) in [5, 5.41) is 0. The number of pyridine rings is 1. The van der Waals surface area contributed by atoms with Crippen LogP contribution in [0.5, 0.6) is 0 Å². The molecule has 0 aliphatic carbocycles. The minimum absolute atomic E-state index is 0.0313. The zero-order valence-corrected chi connectivity index (χ0v) is 17.6. The zero-order chi connectivity index (χ0) is 20.6. The van der Waals surface area contributed by atoms with Crippen LogP contribution < -0.4 is 4.31 Å². The summed E-state index contributed by atoms with van der Waals surface area (Å²) in [6, 6.07) is 9.20. The predicted molar refractivity (Wildman–Crippen MR) is 111 cm³/mol. The van der Waals surface area contributed by atoms with Gasteiger partial charge in [0.05, 0.1) is 28.9 Å². The van der Waals surface area contributed by atoms with Crippen LogP contribution in [-0.2, 0) is 10.0 Å². The molecule has 0 amide bonds. The van der Waals surface area contributed by atoms with Gasteiger partial charge in [-0.3, -0.25) is 14.2 Å². The maximum Gasteiger partial charge on any atom is 0.264 e. The fraction of sp³-hybridized carbons (Fsp3) is 0.476. The molecule has 0 spiro atoms. The third-order valence-electron chi connectivity index (χ3n) is 6.19. The Labute approximate surface area is 172 Å². The molecule has 3 heterocycles. The van der Waals surface area contributed by atoms with Gasteiger partial charge < -0.3 is 4.90 Å². The zero-order valence-electron chi connectivity index (χ0n) is 16.8. The Hall–Kier alpha value is -2.03. The quantitative estimate of drug-likeness (QED) is 0.747. The van der Waals surface area contributed by atoms with Crippen molar-refractivity contribution in [3.63, 3.8) is 0 Å². The number of hydrogen-bond acceptors (Lipinski definition) is 5. The van der Waals surface area contributed by atoms with Crippen LogP contribution >= 0.6 is 0 Å². The number of fused-ring (bicyclic) bond motifs is 1. The first-order valence-corrected chi connectivity index (χ1v) is 11.5. The lowest BCUT2D eigenvalue weighted by Crippen LogP contribution is -2.45. The molecule has 2 aliphatic heterocycles.